The zero-order valence-electron chi connectivity index (χ0n) is 12.1. The van der Waals surface area contributed by atoms with Gasteiger partial charge in [-0.25, -0.2) is 4.39 Å². The molecule has 0 saturated heterocycles. The van der Waals surface area contributed by atoms with E-state index < -0.39 is 5.82 Å². The van der Waals surface area contributed by atoms with Crippen LogP contribution in [-0.4, -0.2) is 19.0 Å². The topological polar surface area (TPSA) is 41.1 Å². The van der Waals surface area contributed by atoms with Crippen LogP contribution >= 0.6 is 0 Å². The van der Waals surface area contributed by atoms with Crippen molar-refractivity contribution in [3.63, 3.8) is 0 Å². The van der Waals surface area contributed by atoms with Crippen molar-refractivity contribution in [2.24, 2.45) is 5.41 Å². The maximum Gasteiger partial charge on any atom is 0.253 e. The fourth-order valence-corrected chi connectivity index (χ4v) is 1.72. The maximum absolute atomic E-state index is 13.7. The molecule has 0 aliphatic carbocycles. The molecule has 2 N–H and O–H groups in total. The first kappa shape index (κ1) is 15.5. The van der Waals surface area contributed by atoms with E-state index in [9.17, 15) is 9.18 Å². The van der Waals surface area contributed by atoms with Gasteiger partial charge in [0.05, 0.1) is 11.3 Å². The minimum absolute atomic E-state index is 0.166. The third kappa shape index (κ3) is 4.89. The highest BCUT2D eigenvalue weighted by Gasteiger charge is 2.15. The monoisotopic (exact) mass is 266 g/mol. The van der Waals surface area contributed by atoms with Gasteiger partial charge >= 0.3 is 0 Å². The van der Waals surface area contributed by atoms with Gasteiger partial charge in [0.2, 0.25) is 0 Å². The highest BCUT2D eigenvalue weighted by Crippen LogP contribution is 2.20. The molecule has 0 aliphatic rings. The summed E-state index contributed by atoms with van der Waals surface area (Å²) in [7, 11) is 0. The summed E-state index contributed by atoms with van der Waals surface area (Å²) >= 11 is 0. The molecular formula is C15H23FN2O. The molecule has 1 aromatic carbocycles. The van der Waals surface area contributed by atoms with Crippen LogP contribution in [0, 0.1) is 11.2 Å². The molecule has 0 aliphatic heterocycles. The number of carbonyl (C=O) groups excluding carboxylic acids is 1. The molecule has 0 bridgehead atoms. The van der Waals surface area contributed by atoms with E-state index in [4.69, 9.17) is 0 Å². The molecule has 0 fully saturated rings. The van der Waals surface area contributed by atoms with E-state index >= 15 is 0 Å². The van der Waals surface area contributed by atoms with Gasteiger partial charge in [-0.3, -0.25) is 4.79 Å². The van der Waals surface area contributed by atoms with Crippen LogP contribution in [0.1, 0.15) is 44.5 Å². The average Bonchev–Trinajstić information content (AvgIpc) is 2.30. The van der Waals surface area contributed by atoms with E-state index in [1.54, 1.807) is 12.1 Å². The summed E-state index contributed by atoms with van der Waals surface area (Å²) in [6, 6.07) is 4.53. The van der Waals surface area contributed by atoms with Crippen molar-refractivity contribution in [1.29, 1.82) is 0 Å². The van der Waals surface area contributed by atoms with Crippen LogP contribution in [0.15, 0.2) is 18.2 Å². The van der Waals surface area contributed by atoms with Gasteiger partial charge in [0, 0.05) is 13.1 Å². The minimum Gasteiger partial charge on any atom is -0.382 e. The van der Waals surface area contributed by atoms with E-state index in [-0.39, 0.29) is 17.0 Å². The van der Waals surface area contributed by atoms with Gasteiger partial charge in [0.1, 0.15) is 5.82 Å². The second-order valence-electron chi connectivity index (χ2n) is 5.76. The van der Waals surface area contributed by atoms with Crippen molar-refractivity contribution in [3.8, 4) is 0 Å². The third-order valence-electron chi connectivity index (χ3n) is 2.77. The number of anilines is 1. The van der Waals surface area contributed by atoms with Gasteiger partial charge < -0.3 is 10.6 Å². The van der Waals surface area contributed by atoms with Crippen molar-refractivity contribution in [1.82, 2.24) is 5.32 Å². The molecule has 4 heteroatoms. The highest BCUT2D eigenvalue weighted by atomic mass is 19.1. The molecule has 1 rings (SSSR count). The Bertz CT molecular complexity index is 438. The van der Waals surface area contributed by atoms with Gasteiger partial charge in [-0.2, -0.15) is 0 Å². The second-order valence-corrected chi connectivity index (χ2v) is 5.76. The van der Waals surface area contributed by atoms with Gasteiger partial charge in [0.25, 0.3) is 5.91 Å². The van der Waals surface area contributed by atoms with Crippen LogP contribution in [0.2, 0.25) is 0 Å². The van der Waals surface area contributed by atoms with Crippen molar-refractivity contribution in [2.45, 2.75) is 34.1 Å². The number of amides is 1. The first-order valence-corrected chi connectivity index (χ1v) is 6.65. The molecular weight excluding hydrogens is 243 g/mol. The van der Waals surface area contributed by atoms with Crippen LogP contribution < -0.4 is 10.6 Å². The van der Waals surface area contributed by atoms with Gasteiger partial charge in [-0.05, 0) is 30.9 Å². The Morgan fingerprint density at radius 3 is 2.58 bits per heavy atom. The molecule has 106 valence electrons. The Morgan fingerprint density at radius 1 is 1.32 bits per heavy atom. The van der Waals surface area contributed by atoms with Crippen molar-refractivity contribution in [3.05, 3.63) is 29.6 Å². The van der Waals surface area contributed by atoms with Crippen molar-refractivity contribution >= 4 is 11.6 Å². The molecule has 0 saturated carbocycles. The predicted molar refractivity (Wildman–Crippen MR) is 77.0 cm³/mol. The van der Waals surface area contributed by atoms with Gasteiger partial charge in [-0.15, -0.1) is 0 Å². The number of rotatable bonds is 5. The number of hydrogen-bond acceptors (Lipinski definition) is 2. The largest absolute Gasteiger partial charge is 0.382 e. The zero-order valence-corrected chi connectivity index (χ0v) is 12.1. The summed E-state index contributed by atoms with van der Waals surface area (Å²) < 4.78 is 13.7. The normalized spacial score (nSPS) is 11.2. The number of benzene rings is 1. The zero-order chi connectivity index (χ0) is 14.5. The molecule has 0 aromatic heterocycles. The van der Waals surface area contributed by atoms with E-state index in [2.05, 4.69) is 31.4 Å². The van der Waals surface area contributed by atoms with Crippen molar-refractivity contribution < 1.29 is 9.18 Å². The summed E-state index contributed by atoms with van der Waals surface area (Å²) in [6.07, 6.45) is 0.880. The lowest BCUT2D eigenvalue weighted by atomic mass is 9.92. The lowest BCUT2D eigenvalue weighted by Gasteiger charge is -2.18. The number of hydrogen-bond donors (Lipinski definition) is 2. The van der Waals surface area contributed by atoms with E-state index in [1.807, 2.05) is 6.92 Å². The summed E-state index contributed by atoms with van der Waals surface area (Å²) in [5.41, 5.74) is 0.800. The molecule has 0 unspecified atom stereocenters. The molecule has 0 spiro atoms. The van der Waals surface area contributed by atoms with Crippen LogP contribution in [0.5, 0.6) is 0 Å². The molecule has 19 heavy (non-hydrogen) atoms. The molecule has 3 nitrogen and oxygen atoms in total. The second kappa shape index (κ2) is 6.55. The summed E-state index contributed by atoms with van der Waals surface area (Å²) in [6.45, 7) is 9.38. The number of halogens is 1. The number of para-hydroxylation sites is 1. The number of nitrogens with one attached hydrogen (secondary N) is 2. The van der Waals surface area contributed by atoms with E-state index in [0.717, 1.165) is 6.42 Å². The quantitative estimate of drug-likeness (QED) is 0.857. The summed E-state index contributed by atoms with van der Waals surface area (Å²) in [5, 5.41) is 5.73. The molecule has 1 amide bonds. The van der Waals surface area contributed by atoms with Gasteiger partial charge in [0.15, 0.2) is 0 Å². The fraction of sp³-hybridized carbons (Fsp3) is 0.533. The van der Waals surface area contributed by atoms with Crippen LogP contribution in [0.4, 0.5) is 10.1 Å². The minimum atomic E-state index is -0.398. The lowest BCUT2D eigenvalue weighted by Crippen LogP contribution is -2.28. The third-order valence-corrected chi connectivity index (χ3v) is 2.77. The highest BCUT2D eigenvalue weighted by molar-refractivity contribution is 5.99. The van der Waals surface area contributed by atoms with E-state index in [1.165, 1.54) is 6.07 Å². The summed E-state index contributed by atoms with van der Waals surface area (Å²) in [4.78, 5) is 12.1. The molecule has 1 aromatic rings. The summed E-state index contributed by atoms with van der Waals surface area (Å²) in [5.74, 6) is -0.634. The van der Waals surface area contributed by atoms with Crippen LogP contribution in [0.3, 0.4) is 0 Å². The van der Waals surface area contributed by atoms with Gasteiger partial charge in [-0.1, -0.05) is 26.8 Å². The number of carbonyl (C=O) groups is 1. The standard InChI is InChI=1S/C15H23FN2O/c1-5-17-13-11(7-6-8-12(13)16)14(19)18-10-9-15(2,3)4/h6-8,17H,5,9-10H2,1-4H3,(H,18,19). The Morgan fingerprint density at radius 2 is 2.00 bits per heavy atom. The van der Waals surface area contributed by atoms with Crippen LogP contribution in [-0.2, 0) is 0 Å². The Labute approximate surface area is 114 Å². The SMILES string of the molecule is CCNc1c(F)cccc1C(=O)NCCC(C)(C)C. The van der Waals surface area contributed by atoms with Crippen molar-refractivity contribution in [2.75, 3.05) is 18.4 Å². The Hall–Kier alpha value is -1.58. The lowest BCUT2D eigenvalue weighted by molar-refractivity contribution is 0.0950. The first-order chi connectivity index (χ1) is 8.85. The smallest absolute Gasteiger partial charge is 0.253 e. The predicted octanol–water partition coefficient (Wildman–Crippen LogP) is 3.42. The fourth-order valence-electron chi connectivity index (χ4n) is 1.72. The molecule has 0 radical (unpaired) electrons. The molecule has 0 atom stereocenters. The van der Waals surface area contributed by atoms with Crippen LogP contribution in [0.25, 0.3) is 0 Å². The first-order valence-electron chi connectivity index (χ1n) is 6.65. The van der Waals surface area contributed by atoms with E-state index in [0.29, 0.717) is 18.7 Å². The average molecular weight is 266 g/mol. The maximum atomic E-state index is 13.7. The Kier molecular flexibility index (Phi) is 5.33. The Balaban J connectivity index is 2.74. The molecule has 0 heterocycles.